The molecule has 5 rings (SSSR count). The molecule has 1 aromatic heterocycles. The van der Waals surface area contributed by atoms with Gasteiger partial charge in [-0.2, -0.15) is 0 Å². The van der Waals surface area contributed by atoms with Crippen LogP contribution in [0.3, 0.4) is 0 Å². The Morgan fingerprint density at radius 2 is 1.96 bits per heavy atom. The molecule has 3 aliphatic rings. The quantitative estimate of drug-likeness (QED) is 0.810. The molecule has 146 valence electrons. The predicted octanol–water partition coefficient (Wildman–Crippen LogP) is 3.17. The average Bonchev–Trinajstić information content (AvgIpc) is 3.55. The molecule has 2 heterocycles. The Labute approximate surface area is 165 Å². The van der Waals surface area contributed by atoms with Gasteiger partial charge in [-0.05, 0) is 56.2 Å². The number of benzene rings is 1. The van der Waals surface area contributed by atoms with Crippen molar-refractivity contribution in [3.8, 4) is 0 Å². The molecule has 2 aromatic rings. The van der Waals surface area contributed by atoms with E-state index in [4.69, 9.17) is 25.4 Å². The summed E-state index contributed by atoms with van der Waals surface area (Å²) in [6, 6.07) is 6.76. The van der Waals surface area contributed by atoms with Gasteiger partial charge in [0.1, 0.15) is 0 Å². The molecule has 6 nitrogen and oxygen atoms in total. The van der Waals surface area contributed by atoms with Crippen molar-refractivity contribution in [1.29, 1.82) is 0 Å². The zero-order chi connectivity index (χ0) is 18.9. The molecule has 1 aliphatic heterocycles. The molecule has 0 spiro atoms. The maximum absolute atomic E-state index is 6.47. The molecule has 3 fully saturated rings. The fourth-order valence-electron chi connectivity index (χ4n) is 3.77. The van der Waals surface area contributed by atoms with Crippen LogP contribution < -0.4 is 10.6 Å². The van der Waals surface area contributed by atoms with Crippen molar-refractivity contribution in [1.82, 2.24) is 9.97 Å². The van der Waals surface area contributed by atoms with Crippen molar-refractivity contribution in [2.75, 3.05) is 31.2 Å². The fraction of sp³-hybridized carbons (Fsp3) is 0.500. The summed E-state index contributed by atoms with van der Waals surface area (Å²) in [7, 11) is 0. The molecule has 28 heavy (non-hydrogen) atoms. The first-order chi connectivity index (χ1) is 13.8. The first-order valence-electron chi connectivity index (χ1n) is 10.4. The van der Waals surface area contributed by atoms with Crippen LogP contribution in [0.1, 0.15) is 37.8 Å². The Morgan fingerprint density at radius 1 is 1.14 bits per heavy atom. The summed E-state index contributed by atoms with van der Waals surface area (Å²) in [5.74, 6) is 0.476. The second kappa shape index (κ2) is 7.51. The van der Waals surface area contributed by atoms with E-state index in [0.29, 0.717) is 12.0 Å². The zero-order valence-corrected chi connectivity index (χ0v) is 16.2. The van der Waals surface area contributed by atoms with Crippen LogP contribution in [-0.2, 0) is 4.74 Å². The van der Waals surface area contributed by atoms with Crippen LogP contribution in [0.2, 0.25) is 0 Å². The molecule has 2 N–H and O–H groups in total. The van der Waals surface area contributed by atoms with Gasteiger partial charge in [0.15, 0.2) is 0 Å². The minimum Gasteiger partial charge on any atom is -0.401 e. The minimum absolute atomic E-state index is 0.450. The van der Waals surface area contributed by atoms with Gasteiger partial charge in [-0.3, -0.25) is 9.98 Å². The van der Waals surface area contributed by atoms with Crippen molar-refractivity contribution < 1.29 is 4.74 Å². The summed E-state index contributed by atoms with van der Waals surface area (Å²) in [5, 5.41) is 0. The number of allylic oxidation sites excluding steroid dienone is 2. The highest BCUT2D eigenvalue weighted by molar-refractivity contribution is 6.10. The van der Waals surface area contributed by atoms with Gasteiger partial charge in [-0.1, -0.05) is 0 Å². The Balaban J connectivity index is 1.46. The highest BCUT2D eigenvalue weighted by atomic mass is 16.5. The van der Waals surface area contributed by atoms with E-state index in [9.17, 15) is 0 Å². The number of aromatic nitrogens is 2. The smallest absolute Gasteiger partial charge is 0.0925 e. The standard InChI is InChI=1S/C22H27N5O/c23-22(15-4-5-15)18(13-24-16-2-1-3-16)21-14-25-20-12-17(6-7-19(20)26-21)27-8-10-28-11-9-27/h6-7,12-16H,1-5,8-11,23H2. The Kier molecular flexibility index (Phi) is 4.72. The van der Waals surface area contributed by atoms with Gasteiger partial charge >= 0.3 is 0 Å². The van der Waals surface area contributed by atoms with Gasteiger partial charge < -0.3 is 15.4 Å². The molecule has 6 heteroatoms. The SMILES string of the molecule is NC(=C(C=NC1CCC1)c1cnc2cc(N3CCOCC3)ccc2n1)C1CC1. The van der Waals surface area contributed by atoms with Gasteiger partial charge in [-0.15, -0.1) is 0 Å². The lowest BCUT2D eigenvalue weighted by molar-refractivity contribution is 0.122. The molecule has 0 unspecified atom stereocenters. The Bertz CT molecular complexity index is 924. The topological polar surface area (TPSA) is 76.6 Å². The molecule has 1 aromatic carbocycles. The largest absolute Gasteiger partial charge is 0.401 e. The van der Waals surface area contributed by atoms with Crippen molar-refractivity contribution in [3.63, 3.8) is 0 Å². The minimum atomic E-state index is 0.450. The van der Waals surface area contributed by atoms with E-state index in [1.165, 1.54) is 24.9 Å². The number of morpholine rings is 1. The van der Waals surface area contributed by atoms with Crippen LogP contribution >= 0.6 is 0 Å². The van der Waals surface area contributed by atoms with Crippen LogP contribution in [0.5, 0.6) is 0 Å². The lowest BCUT2D eigenvalue weighted by Gasteiger charge is -2.28. The number of hydrogen-bond donors (Lipinski definition) is 1. The second-order valence-electron chi connectivity index (χ2n) is 8.03. The van der Waals surface area contributed by atoms with E-state index < -0.39 is 0 Å². The van der Waals surface area contributed by atoms with Gasteiger partial charge in [0.05, 0.1) is 36.1 Å². The number of hydrogen-bond acceptors (Lipinski definition) is 6. The summed E-state index contributed by atoms with van der Waals surface area (Å²) in [6.45, 7) is 3.38. The summed E-state index contributed by atoms with van der Waals surface area (Å²) in [5.41, 5.74) is 12.2. The number of aliphatic imine (C=N–C) groups is 1. The van der Waals surface area contributed by atoms with Crippen LogP contribution in [0.25, 0.3) is 16.6 Å². The summed E-state index contributed by atoms with van der Waals surface area (Å²) >= 11 is 0. The van der Waals surface area contributed by atoms with E-state index in [-0.39, 0.29) is 0 Å². The van der Waals surface area contributed by atoms with Gasteiger partial charge in [0.25, 0.3) is 0 Å². The number of nitrogens with zero attached hydrogens (tertiary/aromatic N) is 4. The number of nitrogens with two attached hydrogens (primary N) is 1. The first kappa shape index (κ1) is 17.6. The maximum atomic E-state index is 6.47. The van der Waals surface area contributed by atoms with Crippen LogP contribution in [0, 0.1) is 5.92 Å². The molecule has 2 saturated carbocycles. The average molecular weight is 377 g/mol. The van der Waals surface area contributed by atoms with Crippen molar-refractivity contribution in [2.24, 2.45) is 16.6 Å². The predicted molar refractivity (Wildman–Crippen MR) is 113 cm³/mol. The third kappa shape index (κ3) is 3.61. The second-order valence-corrected chi connectivity index (χ2v) is 8.03. The number of fused-ring (bicyclic) bond motifs is 1. The lowest BCUT2D eigenvalue weighted by Crippen LogP contribution is -2.36. The normalized spacial score (nSPS) is 21.8. The van der Waals surface area contributed by atoms with E-state index in [1.807, 2.05) is 12.4 Å². The molecule has 0 bridgehead atoms. The van der Waals surface area contributed by atoms with Crippen molar-refractivity contribution >= 4 is 28.5 Å². The highest BCUT2D eigenvalue weighted by Crippen LogP contribution is 2.37. The van der Waals surface area contributed by atoms with Crippen LogP contribution in [-0.4, -0.2) is 48.5 Å². The highest BCUT2D eigenvalue weighted by Gasteiger charge is 2.27. The van der Waals surface area contributed by atoms with Gasteiger partial charge in [0, 0.05) is 42.3 Å². The summed E-state index contributed by atoms with van der Waals surface area (Å²) < 4.78 is 5.45. The van der Waals surface area contributed by atoms with E-state index >= 15 is 0 Å². The zero-order valence-electron chi connectivity index (χ0n) is 16.2. The molecule has 2 aliphatic carbocycles. The monoisotopic (exact) mass is 377 g/mol. The lowest BCUT2D eigenvalue weighted by atomic mass is 9.94. The number of anilines is 1. The molecule has 0 amide bonds. The molecule has 0 radical (unpaired) electrons. The third-order valence-electron chi connectivity index (χ3n) is 6.00. The summed E-state index contributed by atoms with van der Waals surface area (Å²) in [6.07, 6.45) is 9.77. The summed E-state index contributed by atoms with van der Waals surface area (Å²) in [4.78, 5) is 16.7. The Morgan fingerprint density at radius 3 is 2.68 bits per heavy atom. The number of ether oxygens (including phenoxy) is 1. The molecule has 0 atom stereocenters. The fourth-order valence-corrected chi connectivity index (χ4v) is 3.77. The van der Waals surface area contributed by atoms with Crippen LogP contribution in [0.15, 0.2) is 35.1 Å². The first-order valence-corrected chi connectivity index (χ1v) is 10.4. The molecular formula is C22H27N5O. The molecule has 1 saturated heterocycles. The van der Waals surface area contributed by atoms with E-state index in [0.717, 1.165) is 67.1 Å². The third-order valence-corrected chi connectivity index (χ3v) is 6.00. The van der Waals surface area contributed by atoms with Gasteiger partial charge in [-0.25, -0.2) is 4.98 Å². The van der Waals surface area contributed by atoms with E-state index in [1.54, 1.807) is 0 Å². The van der Waals surface area contributed by atoms with Crippen molar-refractivity contribution in [2.45, 2.75) is 38.1 Å². The molecular weight excluding hydrogens is 350 g/mol. The van der Waals surface area contributed by atoms with Crippen LogP contribution in [0.4, 0.5) is 5.69 Å². The number of rotatable bonds is 5. The van der Waals surface area contributed by atoms with E-state index in [2.05, 4.69) is 23.1 Å². The van der Waals surface area contributed by atoms with Crippen molar-refractivity contribution in [3.05, 3.63) is 35.8 Å². The van der Waals surface area contributed by atoms with Gasteiger partial charge in [0.2, 0.25) is 0 Å². The Hall–Kier alpha value is -2.47. The maximum Gasteiger partial charge on any atom is 0.0925 e.